The minimum atomic E-state index is -0.621. The molecule has 4 rings (SSSR count). The third kappa shape index (κ3) is 10.1. The van der Waals surface area contributed by atoms with Gasteiger partial charge in [-0.25, -0.2) is 10.3 Å². The van der Waals surface area contributed by atoms with E-state index >= 15 is 0 Å². The lowest BCUT2D eigenvalue weighted by Crippen LogP contribution is -2.61. The summed E-state index contributed by atoms with van der Waals surface area (Å²) >= 11 is 0. The molecule has 1 unspecified atom stereocenters. The van der Waals surface area contributed by atoms with Gasteiger partial charge in [0.2, 0.25) is 0 Å². The van der Waals surface area contributed by atoms with Gasteiger partial charge in [0.1, 0.15) is 11.6 Å². The summed E-state index contributed by atoms with van der Waals surface area (Å²) in [7, 11) is 0. The Hall–Kier alpha value is -2.37. The molecule has 1 saturated carbocycles. The average Bonchev–Trinajstić information content (AvgIpc) is 3.49. The molecule has 1 amide bonds. The van der Waals surface area contributed by atoms with Crippen LogP contribution in [0.4, 0.5) is 0 Å². The minimum Gasteiger partial charge on any atom is -0.461 e. The lowest BCUT2D eigenvalue weighted by atomic mass is 9.87. The van der Waals surface area contributed by atoms with Crippen LogP contribution in [0.1, 0.15) is 83.4 Å². The average molecular weight is 573 g/mol. The van der Waals surface area contributed by atoms with Crippen molar-refractivity contribution in [2.45, 2.75) is 103 Å². The molecule has 10 heteroatoms. The van der Waals surface area contributed by atoms with Crippen molar-refractivity contribution in [3.8, 4) is 0 Å². The number of nitrogens with one attached hydrogen (secondary N) is 2. The zero-order valence-corrected chi connectivity index (χ0v) is 24.9. The maximum absolute atomic E-state index is 13.3. The molecule has 41 heavy (non-hydrogen) atoms. The summed E-state index contributed by atoms with van der Waals surface area (Å²) in [5.74, 6) is -0.0605. The number of esters is 1. The van der Waals surface area contributed by atoms with E-state index in [4.69, 9.17) is 19.0 Å². The van der Waals surface area contributed by atoms with Crippen LogP contribution in [0.25, 0.3) is 6.08 Å². The number of pyridine rings is 1. The number of hydrogen-bond donors (Lipinski definition) is 2. The molecule has 228 valence electrons. The van der Waals surface area contributed by atoms with Crippen molar-refractivity contribution in [2.75, 3.05) is 32.9 Å². The van der Waals surface area contributed by atoms with E-state index in [2.05, 4.69) is 20.7 Å². The molecular formula is C31H48N4O6. The smallest absolute Gasteiger partial charge is 0.326 e. The molecule has 10 nitrogen and oxygen atoms in total. The molecule has 2 N–H and O–H groups in total. The van der Waals surface area contributed by atoms with Crippen LogP contribution in [0.2, 0.25) is 0 Å². The molecule has 0 aromatic carbocycles. The summed E-state index contributed by atoms with van der Waals surface area (Å²) < 4.78 is 17.0. The second kappa shape index (κ2) is 15.7. The van der Waals surface area contributed by atoms with Crippen molar-refractivity contribution in [1.29, 1.82) is 0 Å². The zero-order valence-electron chi connectivity index (χ0n) is 24.9. The SMILES string of the molecule is CC(C)COC(C)ONC(=O)C=Cc1ccc(CN2CCC(NC3(C(=O)OC4CCCC4)CCOCC3)CC2)cn1. The molecule has 2 aliphatic heterocycles. The van der Waals surface area contributed by atoms with Crippen molar-refractivity contribution in [1.82, 2.24) is 20.7 Å². The first kappa shape index (κ1) is 31.6. The quantitative estimate of drug-likeness (QED) is 0.158. The Labute approximate surface area is 244 Å². The number of amides is 1. The number of piperidine rings is 1. The van der Waals surface area contributed by atoms with Crippen LogP contribution in [-0.2, 0) is 35.2 Å². The van der Waals surface area contributed by atoms with E-state index in [1.807, 2.05) is 32.2 Å². The highest BCUT2D eigenvalue weighted by molar-refractivity contribution is 5.90. The summed E-state index contributed by atoms with van der Waals surface area (Å²) in [4.78, 5) is 37.4. The second-order valence-electron chi connectivity index (χ2n) is 12.0. The summed E-state index contributed by atoms with van der Waals surface area (Å²) in [5, 5.41) is 3.74. The summed E-state index contributed by atoms with van der Waals surface area (Å²) in [6.45, 7) is 10.3. The third-order valence-electron chi connectivity index (χ3n) is 8.03. The standard InChI is InChI=1S/C31H48N4O6/c1-23(2)22-39-24(3)41-34-29(36)11-10-26-9-8-25(20-32-26)21-35-16-12-27(13-17-35)33-31(14-18-38-19-15-31)30(37)40-28-6-4-5-7-28/h8-11,20,23-24,27-28,33H,4-7,12-19,21-22H2,1-3H3,(H,34,36). The molecule has 0 bridgehead atoms. The summed E-state index contributed by atoms with van der Waals surface area (Å²) in [6.07, 6.45) is 12.0. The molecule has 1 atom stereocenters. The molecule has 0 spiro atoms. The molecule has 1 aromatic rings. The molecule has 0 radical (unpaired) electrons. The number of likely N-dealkylation sites (tertiary alicyclic amines) is 1. The normalized spacial score (nSPS) is 21.4. The predicted molar refractivity (Wildman–Crippen MR) is 155 cm³/mol. The number of nitrogens with zero attached hydrogens (tertiary/aromatic N) is 2. The van der Waals surface area contributed by atoms with Crippen molar-refractivity contribution in [2.24, 2.45) is 5.92 Å². The molecule has 3 fully saturated rings. The lowest BCUT2D eigenvalue weighted by Gasteiger charge is -2.42. The highest BCUT2D eigenvalue weighted by Crippen LogP contribution is 2.29. The Morgan fingerprint density at radius 3 is 2.51 bits per heavy atom. The van der Waals surface area contributed by atoms with Crippen LogP contribution in [0.5, 0.6) is 0 Å². The predicted octanol–water partition coefficient (Wildman–Crippen LogP) is 3.75. The number of hydroxylamine groups is 1. The van der Waals surface area contributed by atoms with Crippen LogP contribution >= 0.6 is 0 Å². The van der Waals surface area contributed by atoms with Gasteiger partial charge in [-0.2, -0.15) is 0 Å². The molecule has 3 heterocycles. The maximum atomic E-state index is 13.3. The van der Waals surface area contributed by atoms with Crippen molar-refractivity contribution < 1.29 is 28.6 Å². The molecule has 3 aliphatic rings. The Bertz CT molecular complexity index is 981. The minimum absolute atomic E-state index is 0.0782. The fourth-order valence-corrected chi connectivity index (χ4v) is 5.61. The van der Waals surface area contributed by atoms with Crippen LogP contribution in [-0.4, -0.2) is 78.6 Å². The number of hydrogen-bond acceptors (Lipinski definition) is 9. The van der Waals surface area contributed by atoms with E-state index in [0.29, 0.717) is 44.3 Å². The number of carbonyl (C=O) groups excluding carboxylic acids is 2. The van der Waals surface area contributed by atoms with E-state index in [1.54, 1.807) is 13.0 Å². The van der Waals surface area contributed by atoms with Gasteiger partial charge in [0, 0.05) is 38.1 Å². The highest BCUT2D eigenvalue weighted by atomic mass is 16.8. The van der Waals surface area contributed by atoms with Gasteiger partial charge < -0.3 is 14.2 Å². The Morgan fingerprint density at radius 2 is 1.85 bits per heavy atom. The Balaban J connectivity index is 1.19. The zero-order chi connectivity index (χ0) is 29.1. The molecule has 1 aromatic heterocycles. The van der Waals surface area contributed by atoms with E-state index in [-0.39, 0.29) is 24.0 Å². The van der Waals surface area contributed by atoms with Gasteiger partial charge in [0.15, 0.2) is 6.29 Å². The summed E-state index contributed by atoms with van der Waals surface area (Å²) in [5.41, 5.74) is 3.57. The van der Waals surface area contributed by atoms with Crippen LogP contribution in [0.15, 0.2) is 24.4 Å². The fourth-order valence-electron chi connectivity index (χ4n) is 5.61. The first-order valence-corrected chi connectivity index (χ1v) is 15.3. The topological polar surface area (TPSA) is 111 Å². The van der Waals surface area contributed by atoms with Gasteiger partial charge in [0.05, 0.1) is 12.3 Å². The van der Waals surface area contributed by atoms with Crippen LogP contribution in [0.3, 0.4) is 0 Å². The van der Waals surface area contributed by atoms with Crippen LogP contribution < -0.4 is 10.8 Å². The van der Waals surface area contributed by atoms with Crippen molar-refractivity contribution >= 4 is 18.0 Å². The van der Waals surface area contributed by atoms with Gasteiger partial charge in [0.25, 0.3) is 5.91 Å². The van der Waals surface area contributed by atoms with Gasteiger partial charge in [-0.1, -0.05) is 19.9 Å². The first-order valence-electron chi connectivity index (χ1n) is 15.3. The molecule has 1 aliphatic carbocycles. The first-order chi connectivity index (χ1) is 19.8. The van der Waals surface area contributed by atoms with Crippen molar-refractivity contribution in [3.05, 3.63) is 35.7 Å². The number of rotatable bonds is 13. The molecular weight excluding hydrogens is 524 g/mol. The molecule has 2 saturated heterocycles. The lowest BCUT2D eigenvalue weighted by molar-refractivity contribution is -0.180. The number of carbonyl (C=O) groups is 2. The van der Waals surface area contributed by atoms with Crippen molar-refractivity contribution in [3.63, 3.8) is 0 Å². The van der Waals surface area contributed by atoms with Crippen LogP contribution in [0, 0.1) is 5.92 Å². The summed E-state index contributed by atoms with van der Waals surface area (Å²) in [6, 6.07) is 4.24. The number of ether oxygens (including phenoxy) is 3. The largest absolute Gasteiger partial charge is 0.461 e. The fraction of sp³-hybridized carbons (Fsp3) is 0.710. The van der Waals surface area contributed by atoms with Gasteiger partial charge >= 0.3 is 5.97 Å². The third-order valence-corrected chi connectivity index (χ3v) is 8.03. The van der Waals surface area contributed by atoms with Gasteiger partial charge in [-0.3, -0.25) is 24.8 Å². The van der Waals surface area contributed by atoms with E-state index < -0.39 is 11.8 Å². The van der Waals surface area contributed by atoms with E-state index in [9.17, 15) is 9.59 Å². The van der Waals surface area contributed by atoms with Gasteiger partial charge in [-0.15, -0.1) is 0 Å². The maximum Gasteiger partial charge on any atom is 0.326 e. The second-order valence-corrected chi connectivity index (χ2v) is 12.0. The highest BCUT2D eigenvalue weighted by Gasteiger charge is 2.44. The van der Waals surface area contributed by atoms with E-state index in [1.165, 1.54) is 6.08 Å². The van der Waals surface area contributed by atoms with Gasteiger partial charge in [-0.05, 0) is 95.0 Å². The number of aromatic nitrogens is 1. The van der Waals surface area contributed by atoms with E-state index in [0.717, 1.165) is 63.7 Å². The Kier molecular flexibility index (Phi) is 12.1. The Morgan fingerprint density at radius 1 is 1.12 bits per heavy atom. The monoisotopic (exact) mass is 572 g/mol.